The normalized spacial score (nSPS) is 31.8. The minimum absolute atomic E-state index is 0.326. The molecule has 2 aromatic heterocycles. The molecule has 28 heavy (non-hydrogen) atoms. The van der Waals surface area contributed by atoms with Crippen molar-refractivity contribution in [2.75, 3.05) is 0 Å². The minimum Gasteiger partial charge on any atom is -0.465 e. The number of carboxylic acid groups (broad SMARTS) is 1. The average Bonchev–Trinajstić information content (AvgIpc) is 3.21. The van der Waals surface area contributed by atoms with E-state index in [4.69, 9.17) is 4.52 Å². The van der Waals surface area contributed by atoms with Crippen molar-refractivity contribution in [3.05, 3.63) is 29.9 Å². The zero-order valence-electron chi connectivity index (χ0n) is 16.2. The molecular formula is C20H27N5O3. The van der Waals surface area contributed by atoms with Gasteiger partial charge in [0.05, 0.1) is 12.0 Å². The van der Waals surface area contributed by atoms with Gasteiger partial charge in [0.1, 0.15) is 6.04 Å². The van der Waals surface area contributed by atoms with E-state index >= 15 is 0 Å². The van der Waals surface area contributed by atoms with E-state index in [-0.39, 0.29) is 0 Å². The number of aromatic nitrogens is 4. The number of nitrogens with one attached hydrogen (secondary N) is 1. The van der Waals surface area contributed by atoms with E-state index in [1.54, 1.807) is 6.33 Å². The number of amides is 1. The van der Waals surface area contributed by atoms with Crippen LogP contribution >= 0.6 is 0 Å². The van der Waals surface area contributed by atoms with Gasteiger partial charge in [0.25, 0.3) is 0 Å². The summed E-state index contributed by atoms with van der Waals surface area (Å²) in [5.41, 5.74) is 1.11. The summed E-state index contributed by atoms with van der Waals surface area (Å²) >= 11 is 0. The second-order valence-corrected chi connectivity index (χ2v) is 9.38. The van der Waals surface area contributed by atoms with Gasteiger partial charge in [-0.25, -0.2) is 9.78 Å². The van der Waals surface area contributed by atoms with Crippen molar-refractivity contribution in [2.45, 2.75) is 57.4 Å². The predicted molar refractivity (Wildman–Crippen MR) is 99.4 cm³/mol. The molecule has 150 valence electrons. The van der Waals surface area contributed by atoms with Crippen LogP contribution in [0.1, 0.15) is 62.0 Å². The van der Waals surface area contributed by atoms with Crippen molar-refractivity contribution in [3.63, 3.8) is 0 Å². The van der Waals surface area contributed by atoms with Crippen molar-refractivity contribution in [1.29, 1.82) is 0 Å². The monoisotopic (exact) mass is 385 g/mol. The van der Waals surface area contributed by atoms with Crippen LogP contribution in [0, 0.1) is 23.2 Å². The van der Waals surface area contributed by atoms with Crippen molar-refractivity contribution in [2.24, 2.45) is 30.2 Å². The highest BCUT2D eigenvalue weighted by Crippen LogP contribution is 2.60. The highest BCUT2D eigenvalue weighted by Gasteiger charge is 2.51. The molecule has 2 heterocycles. The van der Waals surface area contributed by atoms with Gasteiger partial charge in [-0.15, -0.1) is 0 Å². The zero-order chi connectivity index (χ0) is 19.3. The van der Waals surface area contributed by atoms with E-state index in [0.29, 0.717) is 17.7 Å². The molecule has 6 rings (SSSR count). The number of rotatable bonds is 6. The first-order valence-corrected chi connectivity index (χ1v) is 10.3. The molecule has 2 aromatic rings. The van der Waals surface area contributed by atoms with Crippen molar-refractivity contribution in [1.82, 2.24) is 25.0 Å². The van der Waals surface area contributed by atoms with Crippen molar-refractivity contribution >= 4 is 6.09 Å². The lowest BCUT2D eigenvalue weighted by molar-refractivity contribution is -0.0533. The molecule has 0 spiro atoms. The third-order valence-corrected chi connectivity index (χ3v) is 6.95. The molecule has 0 aromatic carbocycles. The van der Waals surface area contributed by atoms with E-state index in [9.17, 15) is 9.90 Å². The van der Waals surface area contributed by atoms with Crippen LogP contribution in [0.15, 0.2) is 17.0 Å². The Morgan fingerprint density at radius 3 is 2.57 bits per heavy atom. The molecule has 1 atom stereocenters. The Kier molecular flexibility index (Phi) is 4.17. The summed E-state index contributed by atoms with van der Waals surface area (Å²) < 4.78 is 7.33. The molecule has 0 unspecified atom stereocenters. The highest BCUT2D eigenvalue weighted by molar-refractivity contribution is 5.65. The van der Waals surface area contributed by atoms with Crippen LogP contribution in [0.2, 0.25) is 0 Å². The van der Waals surface area contributed by atoms with Gasteiger partial charge in [-0.3, -0.25) is 0 Å². The fourth-order valence-corrected chi connectivity index (χ4v) is 6.45. The molecule has 8 heteroatoms. The van der Waals surface area contributed by atoms with Gasteiger partial charge in [-0.1, -0.05) is 5.16 Å². The summed E-state index contributed by atoms with van der Waals surface area (Å²) in [6.45, 7) is 0. The standard InChI is InChI=1S/C20H27N5O3/c1-25-10-15(21-11-25)5-16(22-19(26)27)18-23-17(24-28-18)9-20-6-12-2-13(7-20)4-14(3-12)8-20/h10-14,16,22H,2-9H2,1H3,(H,26,27)/t12?,13?,14?,16-,20?/m0/s1. The summed E-state index contributed by atoms with van der Waals surface area (Å²) in [6.07, 6.45) is 11.8. The molecule has 4 aliphatic rings. The lowest BCUT2D eigenvalue weighted by Gasteiger charge is -2.56. The first-order valence-electron chi connectivity index (χ1n) is 10.3. The third-order valence-electron chi connectivity index (χ3n) is 6.95. The maximum Gasteiger partial charge on any atom is 0.405 e. The van der Waals surface area contributed by atoms with Gasteiger partial charge in [-0.05, 0) is 61.7 Å². The maximum absolute atomic E-state index is 11.3. The largest absolute Gasteiger partial charge is 0.465 e. The Labute approximate surface area is 163 Å². The van der Waals surface area contributed by atoms with Crippen molar-refractivity contribution in [3.8, 4) is 0 Å². The molecule has 0 aliphatic heterocycles. The second kappa shape index (κ2) is 6.60. The molecule has 4 bridgehead atoms. The summed E-state index contributed by atoms with van der Waals surface area (Å²) in [6, 6.07) is -0.593. The molecule has 2 N–H and O–H groups in total. The molecule has 0 saturated heterocycles. The Balaban J connectivity index is 1.33. The number of hydrogen-bond donors (Lipinski definition) is 2. The molecule has 0 radical (unpaired) electrons. The number of aryl methyl sites for hydroxylation is 1. The molecule has 4 fully saturated rings. The van der Waals surface area contributed by atoms with Gasteiger partial charge in [0.15, 0.2) is 5.82 Å². The predicted octanol–water partition coefficient (Wildman–Crippen LogP) is 3.11. The summed E-state index contributed by atoms with van der Waals surface area (Å²) in [5.74, 6) is 3.68. The van der Waals surface area contributed by atoms with Crippen molar-refractivity contribution < 1.29 is 14.4 Å². The van der Waals surface area contributed by atoms with Crippen LogP contribution < -0.4 is 5.32 Å². The average molecular weight is 385 g/mol. The van der Waals surface area contributed by atoms with Crippen LogP contribution in [0.4, 0.5) is 4.79 Å². The van der Waals surface area contributed by atoms with Crippen LogP contribution in [0.5, 0.6) is 0 Å². The summed E-state index contributed by atoms with van der Waals surface area (Å²) in [7, 11) is 1.88. The fraction of sp³-hybridized carbons (Fsp3) is 0.700. The maximum atomic E-state index is 11.3. The van der Waals surface area contributed by atoms with E-state index in [0.717, 1.165) is 35.7 Å². The van der Waals surface area contributed by atoms with Crippen LogP contribution in [-0.2, 0) is 19.9 Å². The van der Waals surface area contributed by atoms with Gasteiger partial charge >= 0.3 is 6.09 Å². The van der Waals surface area contributed by atoms with Gasteiger partial charge in [0.2, 0.25) is 5.89 Å². The summed E-state index contributed by atoms with van der Waals surface area (Å²) in [5, 5.41) is 15.9. The minimum atomic E-state index is -1.11. The lowest BCUT2D eigenvalue weighted by Crippen LogP contribution is -2.47. The topological polar surface area (TPSA) is 106 Å². The zero-order valence-corrected chi connectivity index (χ0v) is 16.2. The van der Waals surface area contributed by atoms with Gasteiger partial charge in [0, 0.05) is 26.1 Å². The van der Waals surface area contributed by atoms with Crippen LogP contribution in [-0.4, -0.2) is 30.9 Å². The second-order valence-electron chi connectivity index (χ2n) is 9.38. The van der Waals surface area contributed by atoms with E-state index < -0.39 is 12.1 Å². The quantitative estimate of drug-likeness (QED) is 0.791. The first-order chi connectivity index (χ1) is 13.5. The van der Waals surface area contributed by atoms with E-state index in [2.05, 4.69) is 20.4 Å². The fourth-order valence-electron chi connectivity index (χ4n) is 6.45. The molecule has 4 saturated carbocycles. The smallest absolute Gasteiger partial charge is 0.405 e. The Morgan fingerprint density at radius 2 is 2.00 bits per heavy atom. The van der Waals surface area contributed by atoms with Crippen LogP contribution in [0.3, 0.4) is 0 Å². The van der Waals surface area contributed by atoms with Crippen LogP contribution in [0.25, 0.3) is 0 Å². The first kappa shape index (κ1) is 17.7. The Morgan fingerprint density at radius 1 is 1.32 bits per heavy atom. The van der Waals surface area contributed by atoms with Gasteiger partial charge in [-0.2, -0.15) is 4.98 Å². The van der Waals surface area contributed by atoms with Gasteiger partial charge < -0.3 is 19.5 Å². The number of hydrogen-bond acceptors (Lipinski definition) is 5. The number of carbonyl (C=O) groups is 1. The molecule has 8 nitrogen and oxygen atoms in total. The molecule has 4 aliphatic carbocycles. The third kappa shape index (κ3) is 3.40. The Bertz CT molecular complexity index is 838. The Hall–Kier alpha value is -2.38. The van der Waals surface area contributed by atoms with E-state index in [1.807, 2.05) is 17.8 Å². The number of imidazole rings is 1. The summed E-state index contributed by atoms with van der Waals surface area (Å²) in [4.78, 5) is 20.1. The molecular weight excluding hydrogens is 358 g/mol. The number of nitrogens with zero attached hydrogens (tertiary/aromatic N) is 4. The highest BCUT2D eigenvalue weighted by atomic mass is 16.5. The SMILES string of the molecule is Cn1cnc(C[C@H](NC(=O)O)c2nc(CC34CC5CC(CC(C5)C3)C4)no2)c1. The van der Waals surface area contributed by atoms with E-state index in [1.165, 1.54) is 38.5 Å². The lowest BCUT2D eigenvalue weighted by atomic mass is 9.49. The molecule has 1 amide bonds.